The van der Waals surface area contributed by atoms with Gasteiger partial charge in [0.1, 0.15) is 11.4 Å². The smallest absolute Gasteiger partial charge is 0.412 e. The van der Waals surface area contributed by atoms with E-state index in [1.54, 1.807) is 20.8 Å². The predicted molar refractivity (Wildman–Crippen MR) is 164 cm³/mol. The summed E-state index contributed by atoms with van der Waals surface area (Å²) in [7, 11) is 0. The normalized spacial score (nSPS) is 12.2. The van der Waals surface area contributed by atoms with E-state index in [1.807, 2.05) is 74.5 Å². The van der Waals surface area contributed by atoms with Gasteiger partial charge >= 0.3 is 6.09 Å². The van der Waals surface area contributed by atoms with E-state index in [9.17, 15) is 9.90 Å². The molecule has 0 radical (unpaired) electrons. The number of benzene rings is 3. The fourth-order valence-corrected chi connectivity index (χ4v) is 3.78. The van der Waals surface area contributed by atoms with Crippen molar-refractivity contribution >= 4 is 17.5 Å². The summed E-state index contributed by atoms with van der Waals surface area (Å²) >= 11 is 0. The first-order valence-electron chi connectivity index (χ1n) is 13.9. The van der Waals surface area contributed by atoms with Crippen LogP contribution in [0.3, 0.4) is 0 Å². The minimum absolute atomic E-state index is 0.0658. The van der Waals surface area contributed by atoms with Crippen LogP contribution in [-0.4, -0.2) is 42.7 Å². The number of carbonyl (C=O) groups is 1. The van der Waals surface area contributed by atoms with Gasteiger partial charge < -0.3 is 24.6 Å². The molecular formula is C34H41FN2O5. The molecule has 224 valence electrons. The molecule has 3 rings (SSSR count). The minimum Gasteiger partial charge on any atom is -0.444 e. The Morgan fingerprint density at radius 3 is 2.10 bits per heavy atom. The highest BCUT2D eigenvalue weighted by Crippen LogP contribution is 2.26. The van der Waals surface area contributed by atoms with E-state index in [2.05, 4.69) is 22.5 Å². The molecule has 1 atom stereocenters. The fourth-order valence-electron chi connectivity index (χ4n) is 3.78. The van der Waals surface area contributed by atoms with E-state index in [-0.39, 0.29) is 18.8 Å². The van der Waals surface area contributed by atoms with Crippen LogP contribution in [0.4, 0.5) is 20.6 Å². The first-order valence-corrected chi connectivity index (χ1v) is 13.9. The number of hydrogen-bond acceptors (Lipinski definition) is 6. The van der Waals surface area contributed by atoms with Crippen LogP contribution < -0.4 is 10.6 Å². The van der Waals surface area contributed by atoms with Crippen LogP contribution in [-0.2, 0) is 27.4 Å². The van der Waals surface area contributed by atoms with E-state index < -0.39 is 29.0 Å². The zero-order valence-corrected chi connectivity index (χ0v) is 25.0. The van der Waals surface area contributed by atoms with Gasteiger partial charge in [-0.1, -0.05) is 72.5 Å². The number of rotatable bonds is 12. The average Bonchev–Trinajstić information content (AvgIpc) is 2.92. The maximum Gasteiger partial charge on any atom is 0.412 e. The number of nitrogens with one attached hydrogen (secondary N) is 2. The Kier molecular flexibility index (Phi) is 11.9. The van der Waals surface area contributed by atoms with Crippen molar-refractivity contribution in [2.45, 2.75) is 59.5 Å². The SMILES string of the molecule is CC(C)(C#Cc1cc(NC(=O)OC(C)(C)C)c(F)cc1NC[C@@H](O)COCc1ccccc1)COCc1ccccc1. The predicted octanol–water partition coefficient (Wildman–Crippen LogP) is 6.76. The van der Waals surface area contributed by atoms with Gasteiger partial charge in [-0.15, -0.1) is 0 Å². The number of aliphatic hydroxyl groups excluding tert-OH is 1. The zero-order valence-electron chi connectivity index (χ0n) is 25.0. The van der Waals surface area contributed by atoms with E-state index in [0.717, 1.165) is 11.1 Å². The van der Waals surface area contributed by atoms with Crippen LogP contribution >= 0.6 is 0 Å². The van der Waals surface area contributed by atoms with E-state index in [1.165, 1.54) is 12.1 Å². The fraction of sp³-hybridized carbons (Fsp3) is 0.382. The van der Waals surface area contributed by atoms with Gasteiger partial charge in [0.25, 0.3) is 0 Å². The number of carbonyl (C=O) groups excluding carboxylic acids is 1. The maximum atomic E-state index is 15.1. The highest BCUT2D eigenvalue weighted by Gasteiger charge is 2.20. The number of hydrogen-bond donors (Lipinski definition) is 3. The second-order valence-corrected chi connectivity index (χ2v) is 11.7. The van der Waals surface area contributed by atoms with Crippen LogP contribution in [0.25, 0.3) is 0 Å². The average molecular weight is 577 g/mol. The molecule has 0 spiro atoms. The van der Waals surface area contributed by atoms with Gasteiger partial charge in [0.15, 0.2) is 0 Å². The summed E-state index contributed by atoms with van der Waals surface area (Å²) in [5.41, 5.74) is 1.55. The number of anilines is 2. The number of aliphatic hydroxyl groups is 1. The summed E-state index contributed by atoms with van der Waals surface area (Å²) in [6.45, 7) is 10.5. The van der Waals surface area contributed by atoms with Gasteiger partial charge in [0, 0.05) is 23.6 Å². The first kappa shape index (κ1) is 32.6. The van der Waals surface area contributed by atoms with Crippen LogP contribution in [0.2, 0.25) is 0 Å². The van der Waals surface area contributed by atoms with Crippen molar-refractivity contribution in [3.63, 3.8) is 0 Å². The topological polar surface area (TPSA) is 89.1 Å². The molecule has 42 heavy (non-hydrogen) atoms. The Labute approximate surface area is 248 Å². The third-order valence-electron chi connectivity index (χ3n) is 5.80. The van der Waals surface area contributed by atoms with Crippen molar-refractivity contribution in [2.75, 3.05) is 30.4 Å². The molecule has 0 unspecified atom stereocenters. The molecule has 0 aliphatic rings. The molecular weight excluding hydrogens is 535 g/mol. The molecule has 0 saturated heterocycles. The Morgan fingerprint density at radius 1 is 0.905 bits per heavy atom. The molecule has 7 nitrogen and oxygen atoms in total. The lowest BCUT2D eigenvalue weighted by atomic mass is 9.95. The highest BCUT2D eigenvalue weighted by molar-refractivity contribution is 5.86. The van der Waals surface area contributed by atoms with Crippen LogP contribution in [0, 0.1) is 23.1 Å². The van der Waals surface area contributed by atoms with Gasteiger partial charge in [-0.25, -0.2) is 9.18 Å². The lowest BCUT2D eigenvalue weighted by Gasteiger charge is -2.20. The molecule has 3 N–H and O–H groups in total. The Hall–Kier alpha value is -3.90. The Bertz CT molecular complexity index is 1350. The van der Waals surface area contributed by atoms with Crippen molar-refractivity contribution in [1.82, 2.24) is 0 Å². The molecule has 3 aromatic rings. The molecule has 0 bridgehead atoms. The van der Waals surface area contributed by atoms with E-state index in [0.29, 0.717) is 31.1 Å². The maximum absolute atomic E-state index is 15.1. The molecule has 0 fully saturated rings. The van der Waals surface area contributed by atoms with Crippen molar-refractivity contribution in [3.8, 4) is 11.8 Å². The second kappa shape index (κ2) is 15.4. The summed E-state index contributed by atoms with van der Waals surface area (Å²) in [6, 6.07) is 22.2. The standard InChI is InChI=1S/C34H41FN2O5/c1-33(2,3)42-32(39)37-31-18-27(16-17-34(4,5)24-41-22-26-14-10-7-11-15-26)30(19-29(31)35)36-20-28(38)23-40-21-25-12-8-6-9-13-25/h6-15,18-19,28,36,38H,20-24H2,1-5H3,(H,37,39)/t28-/m1/s1. The molecule has 1 amide bonds. The van der Waals surface area contributed by atoms with Crippen molar-refractivity contribution in [1.29, 1.82) is 0 Å². The number of amides is 1. The van der Waals surface area contributed by atoms with Crippen LogP contribution in [0.15, 0.2) is 72.8 Å². The zero-order chi connectivity index (χ0) is 30.6. The lowest BCUT2D eigenvalue weighted by molar-refractivity contribution is 0.0348. The summed E-state index contributed by atoms with van der Waals surface area (Å²) in [5.74, 6) is 5.66. The first-order chi connectivity index (χ1) is 19.9. The van der Waals surface area contributed by atoms with Gasteiger partial charge in [-0.2, -0.15) is 0 Å². The van der Waals surface area contributed by atoms with E-state index >= 15 is 4.39 Å². The third kappa shape index (κ3) is 11.9. The van der Waals surface area contributed by atoms with Gasteiger partial charge in [0.05, 0.1) is 43.9 Å². The molecule has 0 saturated carbocycles. The monoisotopic (exact) mass is 576 g/mol. The van der Waals surface area contributed by atoms with E-state index in [4.69, 9.17) is 14.2 Å². The van der Waals surface area contributed by atoms with Gasteiger partial charge in [0.2, 0.25) is 0 Å². The molecule has 0 heterocycles. The minimum atomic E-state index is -0.847. The van der Waals surface area contributed by atoms with Gasteiger partial charge in [-0.3, -0.25) is 5.32 Å². The molecule has 3 aromatic carbocycles. The summed E-state index contributed by atoms with van der Waals surface area (Å²) < 4.78 is 31.9. The van der Waals surface area contributed by atoms with Gasteiger partial charge in [-0.05, 0) is 51.8 Å². The van der Waals surface area contributed by atoms with Crippen molar-refractivity contribution in [2.24, 2.45) is 5.41 Å². The summed E-state index contributed by atoms with van der Waals surface area (Å²) in [6.07, 6.45) is -1.62. The molecule has 0 aliphatic heterocycles. The largest absolute Gasteiger partial charge is 0.444 e. The van der Waals surface area contributed by atoms with Crippen molar-refractivity contribution in [3.05, 3.63) is 95.3 Å². The van der Waals surface area contributed by atoms with Crippen molar-refractivity contribution < 1.29 is 28.5 Å². The molecule has 8 heteroatoms. The van der Waals surface area contributed by atoms with Crippen LogP contribution in [0.5, 0.6) is 0 Å². The summed E-state index contributed by atoms with van der Waals surface area (Å²) in [4.78, 5) is 12.3. The quantitative estimate of drug-likeness (QED) is 0.207. The third-order valence-corrected chi connectivity index (χ3v) is 5.80. The lowest BCUT2D eigenvalue weighted by Crippen LogP contribution is -2.27. The number of halogens is 1. The second-order valence-electron chi connectivity index (χ2n) is 11.7. The number of ether oxygens (including phenoxy) is 3. The highest BCUT2D eigenvalue weighted by atomic mass is 19.1. The Morgan fingerprint density at radius 2 is 1.50 bits per heavy atom. The molecule has 0 aliphatic carbocycles. The molecule has 0 aromatic heterocycles. The van der Waals surface area contributed by atoms with Crippen LogP contribution in [0.1, 0.15) is 51.3 Å². The Balaban J connectivity index is 1.71. The summed E-state index contributed by atoms with van der Waals surface area (Å²) in [5, 5.41) is 16.0.